The molecule has 7 heteroatoms. The van der Waals surface area contributed by atoms with Crippen molar-refractivity contribution < 1.29 is 9.59 Å². The first kappa shape index (κ1) is 18.3. The van der Waals surface area contributed by atoms with Gasteiger partial charge in [0.25, 0.3) is 5.91 Å². The number of imidazole rings is 1. The molecule has 0 radical (unpaired) electrons. The fourth-order valence-electron chi connectivity index (χ4n) is 3.50. The van der Waals surface area contributed by atoms with Crippen LogP contribution in [0.4, 0.5) is 0 Å². The maximum atomic E-state index is 12.4. The summed E-state index contributed by atoms with van der Waals surface area (Å²) in [6.07, 6.45) is 9.30. The lowest BCUT2D eigenvalue weighted by molar-refractivity contribution is 0.0950. The van der Waals surface area contributed by atoms with E-state index in [-0.39, 0.29) is 11.7 Å². The molecule has 1 aromatic carbocycles. The number of fused-ring (bicyclic) bond motifs is 1. The van der Waals surface area contributed by atoms with Gasteiger partial charge in [0.05, 0.1) is 12.4 Å². The summed E-state index contributed by atoms with van der Waals surface area (Å²) in [4.78, 5) is 28.6. The van der Waals surface area contributed by atoms with Gasteiger partial charge in [-0.15, -0.1) is 0 Å². The van der Waals surface area contributed by atoms with Gasteiger partial charge in [0.15, 0.2) is 11.6 Å². The fourth-order valence-corrected chi connectivity index (χ4v) is 3.50. The van der Waals surface area contributed by atoms with E-state index >= 15 is 0 Å². The van der Waals surface area contributed by atoms with Crippen molar-refractivity contribution in [2.24, 2.45) is 0 Å². The van der Waals surface area contributed by atoms with Crippen molar-refractivity contribution >= 4 is 17.3 Å². The number of benzene rings is 1. The summed E-state index contributed by atoms with van der Waals surface area (Å²) in [5, 5.41) is 7.54. The molecule has 0 atom stereocenters. The molecule has 3 heterocycles. The van der Waals surface area contributed by atoms with Crippen molar-refractivity contribution in [1.82, 2.24) is 24.5 Å². The largest absolute Gasteiger partial charge is 0.349 e. The highest BCUT2D eigenvalue weighted by molar-refractivity contribution is 5.96. The van der Waals surface area contributed by atoms with E-state index in [4.69, 9.17) is 0 Å². The summed E-state index contributed by atoms with van der Waals surface area (Å²) in [5.74, 6) is 0.693. The van der Waals surface area contributed by atoms with E-state index in [1.807, 2.05) is 41.8 Å². The number of hydrogen-bond acceptors (Lipinski definition) is 4. The molecule has 0 saturated heterocycles. The van der Waals surface area contributed by atoms with Crippen molar-refractivity contribution in [2.45, 2.75) is 32.7 Å². The zero-order chi connectivity index (χ0) is 20.8. The second-order valence-electron chi connectivity index (χ2n) is 7.77. The summed E-state index contributed by atoms with van der Waals surface area (Å²) < 4.78 is 3.58. The number of aromatic nitrogens is 4. The molecule has 4 aromatic rings. The summed E-state index contributed by atoms with van der Waals surface area (Å²) in [7, 11) is 0. The zero-order valence-corrected chi connectivity index (χ0v) is 16.8. The van der Waals surface area contributed by atoms with Crippen molar-refractivity contribution in [2.75, 3.05) is 0 Å². The molecule has 3 aromatic heterocycles. The molecule has 150 valence electrons. The number of aryl methyl sites for hydroxylation is 1. The number of carbonyl (C=O) groups excluding carboxylic acids is 2. The Balaban J connectivity index is 1.51. The standard InChI is InChI=1S/C23H21N5O2/c1-14-3-4-16(23(30)26-19-6-7-19)9-20(14)18-10-25-28(13-18)22-11-24-21-8-5-17(15(2)29)12-27(21)22/h3-5,8-13,19H,6-7H2,1-2H3,(H,26,30). The van der Waals surface area contributed by atoms with Crippen LogP contribution in [-0.2, 0) is 0 Å². The number of nitrogens with one attached hydrogen (secondary N) is 1. The van der Waals surface area contributed by atoms with Gasteiger partial charge in [-0.25, -0.2) is 9.67 Å². The zero-order valence-electron chi connectivity index (χ0n) is 16.8. The lowest BCUT2D eigenvalue weighted by Crippen LogP contribution is -2.25. The minimum atomic E-state index is -0.0373. The Bertz CT molecular complexity index is 1300. The Labute approximate surface area is 173 Å². The Kier molecular flexibility index (Phi) is 4.24. The molecule has 0 bridgehead atoms. The lowest BCUT2D eigenvalue weighted by Gasteiger charge is -2.08. The van der Waals surface area contributed by atoms with Crippen LogP contribution in [0, 0.1) is 6.92 Å². The molecule has 7 nitrogen and oxygen atoms in total. The first-order valence-electron chi connectivity index (χ1n) is 9.94. The Morgan fingerprint density at radius 1 is 1.07 bits per heavy atom. The van der Waals surface area contributed by atoms with Gasteiger partial charge in [0, 0.05) is 35.1 Å². The van der Waals surface area contributed by atoms with E-state index in [0.29, 0.717) is 17.2 Å². The van der Waals surface area contributed by atoms with Crippen LogP contribution in [0.15, 0.2) is 55.1 Å². The van der Waals surface area contributed by atoms with Gasteiger partial charge in [0.2, 0.25) is 0 Å². The smallest absolute Gasteiger partial charge is 0.251 e. The average molecular weight is 399 g/mol. The molecule has 1 amide bonds. The number of hydrogen-bond donors (Lipinski definition) is 1. The highest BCUT2D eigenvalue weighted by Gasteiger charge is 2.24. The molecular formula is C23H21N5O2. The third kappa shape index (κ3) is 3.28. The van der Waals surface area contributed by atoms with Gasteiger partial charge in [-0.1, -0.05) is 6.07 Å². The number of rotatable bonds is 5. The summed E-state index contributed by atoms with van der Waals surface area (Å²) in [6, 6.07) is 9.63. The highest BCUT2D eigenvalue weighted by Crippen LogP contribution is 2.26. The molecule has 0 unspecified atom stereocenters. The van der Waals surface area contributed by atoms with E-state index in [1.165, 1.54) is 0 Å². The van der Waals surface area contributed by atoms with Crippen molar-refractivity contribution in [1.29, 1.82) is 0 Å². The molecule has 5 rings (SSSR count). The van der Waals surface area contributed by atoms with Gasteiger partial charge < -0.3 is 5.32 Å². The lowest BCUT2D eigenvalue weighted by atomic mass is 10.0. The summed E-state index contributed by atoms with van der Waals surface area (Å²) in [6.45, 7) is 3.56. The quantitative estimate of drug-likeness (QED) is 0.520. The Morgan fingerprint density at radius 3 is 2.63 bits per heavy atom. The van der Waals surface area contributed by atoms with Crippen LogP contribution in [0.3, 0.4) is 0 Å². The highest BCUT2D eigenvalue weighted by atomic mass is 16.1. The normalized spacial score (nSPS) is 13.5. The number of Topliss-reactive ketones (excluding diaryl/α,β-unsaturated/α-hetero) is 1. The number of pyridine rings is 1. The van der Waals surface area contributed by atoms with E-state index in [9.17, 15) is 9.59 Å². The van der Waals surface area contributed by atoms with Crippen LogP contribution < -0.4 is 5.32 Å². The Morgan fingerprint density at radius 2 is 1.87 bits per heavy atom. The molecule has 0 spiro atoms. The molecule has 30 heavy (non-hydrogen) atoms. The molecule has 1 aliphatic rings. The maximum Gasteiger partial charge on any atom is 0.251 e. The van der Waals surface area contributed by atoms with Crippen LogP contribution >= 0.6 is 0 Å². The van der Waals surface area contributed by atoms with Crippen LogP contribution in [0.5, 0.6) is 0 Å². The number of amides is 1. The van der Waals surface area contributed by atoms with Gasteiger partial charge in [0.1, 0.15) is 5.65 Å². The van der Waals surface area contributed by atoms with Crippen molar-refractivity contribution in [3.8, 4) is 16.9 Å². The predicted molar refractivity (Wildman–Crippen MR) is 113 cm³/mol. The van der Waals surface area contributed by atoms with Gasteiger partial charge in [-0.05, 0) is 62.1 Å². The second kappa shape index (κ2) is 6.95. The molecule has 1 N–H and O–H groups in total. The van der Waals surface area contributed by atoms with E-state index in [1.54, 1.807) is 36.3 Å². The number of ketones is 1. The fraction of sp³-hybridized carbons (Fsp3) is 0.217. The summed E-state index contributed by atoms with van der Waals surface area (Å²) >= 11 is 0. The van der Waals surface area contributed by atoms with Gasteiger partial charge >= 0.3 is 0 Å². The molecule has 0 aliphatic heterocycles. The van der Waals surface area contributed by atoms with Gasteiger partial charge in [-0.2, -0.15) is 5.10 Å². The first-order valence-corrected chi connectivity index (χ1v) is 9.94. The third-order valence-electron chi connectivity index (χ3n) is 5.43. The van der Waals surface area contributed by atoms with Crippen LogP contribution in [-0.4, -0.2) is 36.9 Å². The molecular weight excluding hydrogens is 378 g/mol. The van der Waals surface area contributed by atoms with Gasteiger partial charge in [-0.3, -0.25) is 14.0 Å². The minimum absolute atomic E-state index is 0.00498. The predicted octanol–water partition coefficient (Wildman–Crippen LogP) is 3.59. The average Bonchev–Trinajstić information content (AvgIpc) is 3.25. The summed E-state index contributed by atoms with van der Waals surface area (Å²) in [5.41, 5.74) is 4.93. The third-order valence-corrected chi connectivity index (χ3v) is 5.43. The van der Waals surface area contributed by atoms with E-state index < -0.39 is 0 Å². The van der Waals surface area contributed by atoms with Crippen molar-refractivity contribution in [3.05, 3.63) is 71.8 Å². The number of nitrogens with zero attached hydrogens (tertiary/aromatic N) is 4. The van der Waals surface area contributed by atoms with Crippen LogP contribution in [0.1, 0.15) is 46.0 Å². The minimum Gasteiger partial charge on any atom is -0.349 e. The monoisotopic (exact) mass is 399 g/mol. The first-order chi connectivity index (χ1) is 14.5. The van der Waals surface area contributed by atoms with Crippen molar-refractivity contribution in [3.63, 3.8) is 0 Å². The second-order valence-corrected chi connectivity index (χ2v) is 7.77. The number of carbonyl (C=O) groups is 2. The topological polar surface area (TPSA) is 81.3 Å². The molecule has 1 fully saturated rings. The van der Waals surface area contributed by atoms with E-state index in [2.05, 4.69) is 15.4 Å². The maximum absolute atomic E-state index is 12.4. The molecule has 1 aliphatic carbocycles. The van der Waals surface area contributed by atoms with E-state index in [0.717, 1.165) is 41.0 Å². The molecule has 1 saturated carbocycles. The SMILES string of the molecule is CC(=O)c1ccc2ncc(-n3cc(-c4cc(C(=O)NC5CC5)ccc4C)cn3)n2c1. The Hall–Kier alpha value is -3.74. The van der Waals surface area contributed by atoms with Crippen LogP contribution in [0.25, 0.3) is 22.6 Å². The van der Waals surface area contributed by atoms with Crippen LogP contribution in [0.2, 0.25) is 0 Å².